The van der Waals surface area contributed by atoms with Crippen LogP contribution in [0.2, 0.25) is 0 Å². The monoisotopic (exact) mass is 325 g/mol. The molecule has 1 atom stereocenters. The molecule has 0 spiro atoms. The van der Waals surface area contributed by atoms with Gasteiger partial charge in [0.1, 0.15) is 5.69 Å². The topological polar surface area (TPSA) is 37.3 Å². The second-order valence-corrected chi connectivity index (χ2v) is 6.51. The third kappa shape index (κ3) is 2.72. The van der Waals surface area contributed by atoms with Crippen LogP contribution in [-0.4, -0.2) is 41.6 Å². The molecule has 1 aliphatic carbocycles. The highest BCUT2D eigenvalue weighted by Gasteiger charge is 2.30. The van der Waals surface area contributed by atoms with Crippen LogP contribution in [0, 0.1) is 0 Å². The number of carbonyl (C=O) groups excluding carboxylic acids is 1. The summed E-state index contributed by atoms with van der Waals surface area (Å²) in [7, 11) is 1.93. The number of nitrogens with zero attached hydrogens (tertiary/aromatic N) is 2. The normalized spacial score (nSPS) is 23.4. The van der Waals surface area contributed by atoms with E-state index in [2.05, 4.69) is 25.8 Å². The van der Waals surface area contributed by atoms with Crippen LogP contribution in [0.15, 0.2) is 16.7 Å². The van der Waals surface area contributed by atoms with Crippen molar-refractivity contribution in [1.82, 2.24) is 14.8 Å². The van der Waals surface area contributed by atoms with E-state index in [0.717, 1.165) is 36.1 Å². The van der Waals surface area contributed by atoms with Gasteiger partial charge in [-0.2, -0.15) is 0 Å². The Morgan fingerprint density at radius 1 is 1.47 bits per heavy atom. The maximum Gasteiger partial charge on any atom is 0.270 e. The van der Waals surface area contributed by atoms with E-state index in [0.29, 0.717) is 12.1 Å². The molecule has 1 unspecified atom stereocenters. The Morgan fingerprint density at radius 3 is 2.89 bits per heavy atom. The molecule has 1 aromatic heterocycles. The van der Waals surface area contributed by atoms with E-state index in [1.807, 2.05) is 24.2 Å². The predicted octanol–water partition coefficient (Wildman–Crippen LogP) is 2.41. The number of hydrogen-bond donors (Lipinski definition) is 1. The molecule has 1 saturated carbocycles. The van der Waals surface area contributed by atoms with Gasteiger partial charge in [0, 0.05) is 36.3 Å². The van der Waals surface area contributed by atoms with Crippen molar-refractivity contribution in [2.24, 2.45) is 0 Å². The van der Waals surface area contributed by atoms with Crippen LogP contribution in [0.1, 0.15) is 42.2 Å². The van der Waals surface area contributed by atoms with Crippen molar-refractivity contribution in [2.75, 3.05) is 20.1 Å². The number of hydrogen-bond acceptors (Lipinski definition) is 2. The molecular weight excluding hydrogens is 306 g/mol. The lowest BCUT2D eigenvalue weighted by Gasteiger charge is -2.32. The molecule has 1 aliphatic heterocycles. The summed E-state index contributed by atoms with van der Waals surface area (Å²) in [5, 5.41) is 3.37. The third-order valence-electron chi connectivity index (χ3n) is 4.11. The van der Waals surface area contributed by atoms with E-state index in [9.17, 15) is 4.79 Å². The number of rotatable bonds is 3. The Labute approximate surface area is 122 Å². The number of aromatic nitrogens is 1. The molecule has 104 valence electrons. The zero-order valence-electron chi connectivity index (χ0n) is 11.2. The summed E-state index contributed by atoms with van der Waals surface area (Å²) in [6.45, 7) is 1.98. The smallest absolute Gasteiger partial charge is 0.270 e. The molecule has 1 N–H and O–H groups in total. The quantitative estimate of drug-likeness (QED) is 0.926. The fourth-order valence-corrected chi connectivity index (χ4v) is 3.22. The van der Waals surface area contributed by atoms with Gasteiger partial charge in [-0.25, -0.2) is 0 Å². The minimum Gasteiger partial charge on any atom is -0.339 e. The van der Waals surface area contributed by atoms with Gasteiger partial charge in [-0.05, 0) is 54.2 Å². The van der Waals surface area contributed by atoms with E-state index < -0.39 is 0 Å². The summed E-state index contributed by atoms with van der Waals surface area (Å²) in [6, 6.07) is 2.80. The summed E-state index contributed by atoms with van der Waals surface area (Å²) >= 11 is 3.49. The highest BCUT2D eigenvalue weighted by Crippen LogP contribution is 2.37. The number of carbonyl (C=O) groups is 1. The molecule has 1 amide bonds. The largest absolute Gasteiger partial charge is 0.339 e. The molecular formula is C14H20BrN3O. The Hall–Kier alpha value is -0.810. The maximum absolute atomic E-state index is 12.7. The number of nitrogens with one attached hydrogen (secondary N) is 1. The molecule has 1 aromatic rings. The van der Waals surface area contributed by atoms with E-state index in [1.165, 1.54) is 12.8 Å². The van der Waals surface area contributed by atoms with E-state index in [-0.39, 0.29) is 5.91 Å². The van der Waals surface area contributed by atoms with Crippen molar-refractivity contribution in [2.45, 2.75) is 37.8 Å². The minimum atomic E-state index is 0.145. The molecule has 0 radical (unpaired) electrons. The van der Waals surface area contributed by atoms with Crippen LogP contribution in [0.5, 0.6) is 0 Å². The first-order chi connectivity index (χ1) is 9.16. The van der Waals surface area contributed by atoms with Crippen molar-refractivity contribution in [1.29, 1.82) is 0 Å². The summed E-state index contributed by atoms with van der Waals surface area (Å²) < 4.78 is 3.14. The summed E-state index contributed by atoms with van der Waals surface area (Å²) in [4.78, 5) is 14.6. The Kier molecular flexibility index (Phi) is 3.67. The first kappa shape index (κ1) is 13.2. The van der Waals surface area contributed by atoms with Crippen LogP contribution in [0.4, 0.5) is 0 Å². The third-order valence-corrected chi connectivity index (χ3v) is 4.55. The van der Waals surface area contributed by atoms with Crippen molar-refractivity contribution >= 4 is 21.8 Å². The van der Waals surface area contributed by atoms with Crippen LogP contribution in [-0.2, 0) is 0 Å². The van der Waals surface area contributed by atoms with Gasteiger partial charge in [-0.1, -0.05) is 0 Å². The molecule has 5 heteroatoms. The van der Waals surface area contributed by atoms with Crippen LogP contribution >= 0.6 is 15.9 Å². The highest BCUT2D eigenvalue weighted by atomic mass is 79.9. The molecule has 19 heavy (non-hydrogen) atoms. The first-order valence-electron chi connectivity index (χ1n) is 7.02. The lowest BCUT2D eigenvalue weighted by molar-refractivity contribution is 0.0697. The van der Waals surface area contributed by atoms with E-state index >= 15 is 0 Å². The van der Waals surface area contributed by atoms with Gasteiger partial charge in [0.05, 0.1) is 0 Å². The summed E-state index contributed by atoms with van der Waals surface area (Å²) in [5.41, 5.74) is 0.822. The lowest BCUT2D eigenvalue weighted by Crippen LogP contribution is -2.47. The van der Waals surface area contributed by atoms with Crippen molar-refractivity contribution < 1.29 is 4.79 Å². The lowest BCUT2D eigenvalue weighted by atomic mass is 10.1. The van der Waals surface area contributed by atoms with Crippen LogP contribution in [0.25, 0.3) is 0 Å². The number of halogens is 1. The standard InChI is InChI=1S/C14H20BrN3O/c1-17(12-3-2-6-16-8-12)14(19)13-7-10(15)9-18(13)11-4-5-11/h7,9,11-12,16H,2-6,8H2,1H3. The average molecular weight is 326 g/mol. The molecule has 2 aliphatic rings. The van der Waals surface area contributed by atoms with Crippen LogP contribution in [0.3, 0.4) is 0 Å². The van der Waals surface area contributed by atoms with E-state index in [4.69, 9.17) is 0 Å². The SMILES string of the molecule is CN(C(=O)c1cc(Br)cn1C1CC1)C1CCCNC1. The maximum atomic E-state index is 12.7. The molecule has 3 rings (SSSR count). The molecule has 2 heterocycles. The average Bonchev–Trinajstić information content (AvgIpc) is 3.21. The van der Waals surface area contributed by atoms with Gasteiger partial charge in [0.25, 0.3) is 5.91 Å². The van der Waals surface area contributed by atoms with Crippen molar-refractivity contribution in [3.63, 3.8) is 0 Å². The molecule has 1 saturated heterocycles. The van der Waals surface area contributed by atoms with Gasteiger partial charge in [0.2, 0.25) is 0 Å². The second-order valence-electron chi connectivity index (χ2n) is 5.60. The Balaban J connectivity index is 1.78. The van der Waals surface area contributed by atoms with Gasteiger partial charge in [-0.15, -0.1) is 0 Å². The zero-order valence-corrected chi connectivity index (χ0v) is 12.8. The number of piperidine rings is 1. The van der Waals surface area contributed by atoms with Crippen molar-refractivity contribution in [3.05, 3.63) is 22.4 Å². The molecule has 0 aromatic carbocycles. The van der Waals surface area contributed by atoms with Gasteiger partial charge >= 0.3 is 0 Å². The highest BCUT2D eigenvalue weighted by molar-refractivity contribution is 9.10. The van der Waals surface area contributed by atoms with Crippen molar-refractivity contribution in [3.8, 4) is 0 Å². The predicted molar refractivity (Wildman–Crippen MR) is 78.4 cm³/mol. The summed E-state index contributed by atoms with van der Waals surface area (Å²) in [6.07, 6.45) is 6.67. The first-order valence-corrected chi connectivity index (χ1v) is 7.81. The summed E-state index contributed by atoms with van der Waals surface area (Å²) in [5.74, 6) is 0.145. The van der Waals surface area contributed by atoms with Gasteiger partial charge < -0.3 is 14.8 Å². The molecule has 4 nitrogen and oxygen atoms in total. The fourth-order valence-electron chi connectivity index (χ4n) is 2.78. The minimum absolute atomic E-state index is 0.145. The molecule has 0 bridgehead atoms. The van der Waals surface area contributed by atoms with Gasteiger partial charge in [0.15, 0.2) is 0 Å². The number of likely N-dealkylation sites (N-methyl/N-ethyl adjacent to an activating group) is 1. The van der Waals surface area contributed by atoms with E-state index in [1.54, 1.807) is 0 Å². The fraction of sp³-hybridized carbons (Fsp3) is 0.643. The number of amides is 1. The molecule has 2 fully saturated rings. The van der Waals surface area contributed by atoms with Gasteiger partial charge in [-0.3, -0.25) is 4.79 Å². The Bertz CT molecular complexity index is 475. The van der Waals surface area contributed by atoms with Crippen LogP contribution < -0.4 is 5.32 Å². The Morgan fingerprint density at radius 2 is 2.26 bits per heavy atom. The second kappa shape index (κ2) is 5.29. The zero-order chi connectivity index (χ0) is 13.4.